The van der Waals surface area contributed by atoms with Crippen molar-refractivity contribution in [1.82, 2.24) is 15.2 Å². The molecule has 1 N–H and O–H groups in total. The maximum absolute atomic E-state index is 4.06. The minimum atomic E-state index is 0.815. The molecule has 0 amide bonds. The lowest BCUT2D eigenvalue weighted by molar-refractivity contribution is 1.08. The first-order valence-electron chi connectivity index (χ1n) is 5.94. The summed E-state index contributed by atoms with van der Waals surface area (Å²) in [4.78, 5) is 4.01. The second-order valence-electron chi connectivity index (χ2n) is 4.01. The van der Waals surface area contributed by atoms with E-state index in [0.717, 1.165) is 22.4 Å². The minimum absolute atomic E-state index is 0.815. The van der Waals surface area contributed by atoms with Gasteiger partial charge in [-0.15, -0.1) is 0 Å². The zero-order valence-corrected chi connectivity index (χ0v) is 10.2. The highest BCUT2D eigenvalue weighted by atomic mass is 15.1. The summed E-state index contributed by atoms with van der Waals surface area (Å²) in [7, 11) is 0. The Labute approximate surface area is 111 Å². The van der Waals surface area contributed by atoms with Crippen LogP contribution in [0.3, 0.4) is 0 Å². The van der Waals surface area contributed by atoms with Crippen LogP contribution in [-0.2, 0) is 0 Å². The summed E-state index contributed by atoms with van der Waals surface area (Å²) in [5, 5.41) is 6.99. The molecule has 3 rings (SSSR count). The average Bonchev–Trinajstić information content (AvgIpc) is 2.95. The highest BCUT2D eigenvalue weighted by Crippen LogP contribution is 2.20. The van der Waals surface area contributed by atoms with Gasteiger partial charge < -0.3 is 0 Å². The van der Waals surface area contributed by atoms with Crippen LogP contribution in [0.4, 0.5) is 0 Å². The summed E-state index contributed by atoms with van der Waals surface area (Å²) >= 11 is 0. The normalized spacial score (nSPS) is 9.68. The van der Waals surface area contributed by atoms with E-state index in [0.29, 0.717) is 0 Å². The van der Waals surface area contributed by atoms with Gasteiger partial charge in [-0.25, -0.2) is 0 Å². The topological polar surface area (TPSA) is 41.6 Å². The highest BCUT2D eigenvalue weighted by Gasteiger charge is 2.04. The second-order valence-corrected chi connectivity index (χ2v) is 4.01. The summed E-state index contributed by atoms with van der Waals surface area (Å²) in [6, 6.07) is 13.8. The number of nitrogens with one attached hydrogen (secondary N) is 1. The Balaban J connectivity index is 1.96. The molecule has 3 aromatic rings. The zero-order valence-electron chi connectivity index (χ0n) is 10.2. The van der Waals surface area contributed by atoms with Crippen LogP contribution < -0.4 is 0 Å². The number of rotatable bonds is 1. The van der Waals surface area contributed by atoms with E-state index in [1.54, 1.807) is 18.6 Å². The van der Waals surface area contributed by atoms with Crippen LogP contribution in [0.15, 0.2) is 61.1 Å². The average molecular weight is 245 g/mol. The molecule has 0 saturated heterocycles. The molecule has 2 aromatic heterocycles. The Morgan fingerprint density at radius 2 is 1.68 bits per heavy atom. The molecule has 0 radical (unpaired) electrons. The Kier molecular flexibility index (Phi) is 3.07. The molecule has 0 aliphatic rings. The van der Waals surface area contributed by atoms with Gasteiger partial charge in [0.15, 0.2) is 0 Å². The molecule has 0 saturated carbocycles. The van der Waals surface area contributed by atoms with Gasteiger partial charge in [-0.05, 0) is 35.7 Å². The van der Waals surface area contributed by atoms with Gasteiger partial charge in [0.05, 0.1) is 6.20 Å². The van der Waals surface area contributed by atoms with Gasteiger partial charge in [0.2, 0.25) is 0 Å². The summed E-state index contributed by atoms with van der Waals surface area (Å²) in [6.45, 7) is 0. The first kappa shape index (κ1) is 11.2. The number of benzene rings is 1. The van der Waals surface area contributed by atoms with Gasteiger partial charge in [0, 0.05) is 23.5 Å². The van der Waals surface area contributed by atoms with E-state index in [1.165, 1.54) is 0 Å². The van der Waals surface area contributed by atoms with Crippen LogP contribution in [0.5, 0.6) is 0 Å². The van der Waals surface area contributed by atoms with E-state index < -0.39 is 0 Å². The lowest BCUT2D eigenvalue weighted by atomic mass is 10.1. The van der Waals surface area contributed by atoms with E-state index in [9.17, 15) is 0 Å². The molecule has 0 bridgehead atoms. The van der Waals surface area contributed by atoms with Crippen LogP contribution in [0.1, 0.15) is 11.3 Å². The molecule has 19 heavy (non-hydrogen) atoms. The standard InChI is InChI=1S/C16H11N3/c1-2-4-13(5-3-1)6-7-16-15(12-18-19-16)14-8-10-17-11-9-14/h1-5,8-12H,(H,18,19). The molecule has 1 aromatic carbocycles. The molecule has 0 aliphatic heterocycles. The number of aromatic nitrogens is 3. The fraction of sp³-hybridized carbons (Fsp3) is 0. The minimum Gasteiger partial charge on any atom is -0.269 e. The Morgan fingerprint density at radius 1 is 0.895 bits per heavy atom. The Morgan fingerprint density at radius 3 is 2.47 bits per heavy atom. The van der Waals surface area contributed by atoms with Gasteiger partial charge in [0.1, 0.15) is 5.69 Å². The highest BCUT2D eigenvalue weighted by molar-refractivity contribution is 5.68. The van der Waals surface area contributed by atoms with E-state index in [2.05, 4.69) is 27.0 Å². The van der Waals surface area contributed by atoms with Gasteiger partial charge in [0.25, 0.3) is 0 Å². The third-order valence-electron chi connectivity index (χ3n) is 2.74. The zero-order chi connectivity index (χ0) is 12.9. The first-order chi connectivity index (χ1) is 9.43. The quantitative estimate of drug-likeness (QED) is 0.670. The van der Waals surface area contributed by atoms with Crippen LogP contribution in [0.25, 0.3) is 11.1 Å². The Bertz CT molecular complexity index is 719. The number of hydrogen-bond acceptors (Lipinski definition) is 2. The molecule has 2 heterocycles. The van der Waals surface area contributed by atoms with Crippen molar-refractivity contribution in [3.05, 3.63) is 72.3 Å². The molecule has 0 spiro atoms. The fourth-order valence-electron chi connectivity index (χ4n) is 1.79. The van der Waals surface area contributed by atoms with Crippen molar-refractivity contribution in [2.75, 3.05) is 0 Å². The van der Waals surface area contributed by atoms with Gasteiger partial charge in [-0.2, -0.15) is 5.10 Å². The van der Waals surface area contributed by atoms with Gasteiger partial charge >= 0.3 is 0 Å². The lowest BCUT2D eigenvalue weighted by Gasteiger charge is -1.96. The number of pyridine rings is 1. The van der Waals surface area contributed by atoms with Crippen LogP contribution in [0.2, 0.25) is 0 Å². The maximum atomic E-state index is 4.06. The lowest BCUT2D eigenvalue weighted by Crippen LogP contribution is -1.82. The predicted octanol–water partition coefficient (Wildman–Crippen LogP) is 2.87. The molecule has 90 valence electrons. The monoisotopic (exact) mass is 245 g/mol. The fourth-order valence-corrected chi connectivity index (χ4v) is 1.79. The van der Waals surface area contributed by atoms with Crippen molar-refractivity contribution in [3.63, 3.8) is 0 Å². The molecule has 0 unspecified atom stereocenters. The molecular formula is C16H11N3. The van der Waals surface area contributed by atoms with Crippen molar-refractivity contribution in [2.24, 2.45) is 0 Å². The summed E-state index contributed by atoms with van der Waals surface area (Å²) < 4.78 is 0. The van der Waals surface area contributed by atoms with E-state index in [1.807, 2.05) is 42.5 Å². The summed E-state index contributed by atoms with van der Waals surface area (Å²) in [6.07, 6.45) is 5.30. The van der Waals surface area contributed by atoms with E-state index in [4.69, 9.17) is 0 Å². The van der Waals surface area contributed by atoms with Gasteiger partial charge in [-0.1, -0.05) is 24.1 Å². The summed E-state index contributed by atoms with van der Waals surface area (Å²) in [5.41, 5.74) is 3.85. The molecule has 3 nitrogen and oxygen atoms in total. The van der Waals surface area contributed by atoms with Crippen molar-refractivity contribution in [3.8, 4) is 23.0 Å². The third kappa shape index (κ3) is 2.53. The predicted molar refractivity (Wildman–Crippen MR) is 74.2 cm³/mol. The molecule has 0 aliphatic carbocycles. The molecule has 0 fully saturated rings. The second kappa shape index (κ2) is 5.19. The number of hydrogen-bond donors (Lipinski definition) is 1. The largest absolute Gasteiger partial charge is 0.269 e. The third-order valence-corrected chi connectivity index (χ3v) is 2.74. The van der Waals surface area contributed by atoms with Crippen molar-refractivity contribution in [2.45, 2.75) is 0 Å². The number of H-pyrrole nitrogens is 1. The first-order valence-corrected chi connectivity index (χ1v) is 5.94. The van der Waals surface area contributed by atoms with Gasteiger partial charge in [-0.3, -0.25) is 10.1 Å². The van der Waals surface area contributed by atoms with Crippen LogP contribution >= 0.6 is 0 Å². The Hall–Kier alpha value is -2.86. The molecule has 0 atom stereocenters. The number of aromatic amines is 1. The summed E-state index contributed by atoms with van der Waals surface area (Å²) in [5.74, 6) is 6.24. The van der Waals surface area contributed by atoms with E-state index in [-0.39, 0.29) is 0 Å². The molecular weight excluding hydrogens is 234 g/mol. The van der Waals surface area contributed by atoms with Crippen molar-refractivity contribution in [1.29, 1.82) is 0 Å². The molecule has 3 heteroatoms. The van der Waals surface area contributed by atoms with Crippen molar-refractivity contribution >= 4 is 0 Å². The smallest absolute Gasteiger partial charge is 0.116 e. The van der Waals surface area contributed by atoms with E-state index >= 15 is 0 Å². The van der Waals surface area contributed by atoms with Crippen LogP contribution in [0, 0.1) is 11.8 Å². The SMILES string of the molecule is C(#Cc1[nH]ncc1-c1ccncc1)c1ccccc1. The number of nitrogens with zero attached hydrogens (tertiary/aromatic N) is 2. The van der Waals surface area contributed by atoms with Crippen LogP contribution in [-0.4, -0.2) is 15.2 Å². The van der Waals surface area contributed by atoms with Crippen molar-refractivity contribution < 1.29 is 0 Å². The maximum Gasteiger partial charge on any atom is 0.116 e.